The van der Waals surface area contributed by atoms with Crippen LogP contribution in [0.5, 0.6) is 11.5 Å². The van der Waals surface area contributed by atoms with Crippen molar-refractivity contribution >= 4 is 22.6 Å². The second-order valence-electron chi connectivity index (χ2n) is 10.4. The van der Waals surface area contributed by atoms with Gasteiger partial charge in [-0.1, -0.05) is 37.3 Å². The van der Waals surface area contributed by atoms with E-state index in [-0.39, 0.29) is 5.91 Å². The van der Waals surface area contributed by atoms with Crippen LogP contribution < -0.4 is 15.2 Å². The molecule has 1 aliphatic rings. The Labute approximate surface area is 229 Å². The molecule has 0 saturated carbocycles. The van der Waals surface area contributed by atoms with E-state index in [0.29, 0.717) is 53.6 Å². The Morgan fingerprint density at radius 1 is 1.05 bits per heavy atom. The van der Waals surface area contributed by atoms with Crippen LogP contribution in [-0.2, 0) is 15.6 Å². The number of fused-ring (bicyclic) bond motifs is 1. The molecule has 8 nitrogen and oxygen atoms in total. The molecule has 2 aromatic carbocycles. The summed E-state index contributed by atoms with van der Waals surface area (Å²) in [7, 11) is 3.20. The number of aromatic amines is 1. The number of H-pyrrole nitrogens is 1. The first-order valence-electron chi connectivity index (χ1n) is 13.5. The molecule has 0 spiro atoms. The summed E-state index contributed by atoms with van der Waals surface area (Å²) in [5.41, 5.74) is 8.41. The number of nitrogen functional groups attached to an aromatic ring is 1. The fourth-order valence-electron chi connectivity index (χ4n) is 6.28. The molecule has 1 atom stereocenters. The summed E-state index contributed by atoms with van der Waals surface area (Å²) < 4.78 is 11.1. The topological polar surface area (TPSA) is 106 Å². The molecule has 1 fully saturated rings. The first kappa shape index (κ1) is 26.5. The number of methoxy groups -OCH3 is 2. The highest BCUT2D eigenvalue weighted by molar-refractivity contribution is 5.91. The Morgan fingerprint density at radius 3 is 2.36 bits per heavy atom. The number of amides is 1. The average molecular weight is 528 g/mol. The number of benzene rings is 2. The van der Waals surface area contributed by atoms with E-state index >= 15 is 0 Å². The van der Waals surface area contributed by atoms with Crippen LogP contribution in [0.25, 0.3) is 10.9 Å². The van der Waals surface area contributed by atoms with Crippen LogP contribution >= 0.6 is 0 Å². The summed E-state index contributed by atoms with van der Waals surface area (Å²) in [6.07, 6.45) is 4.87. The number of likely N-dealkylation sites (tertiary alicyclic amines) is 1. The SMILES string of the molecule is CCCC(=O)N1CCC(c2ccccc2)(C(C)(c2nc(N)c3cc(OC)c(OC)cc3n2)c2ccc[nH]2)CC1. The molecule has 0 radical (unpaired) electrons. The zero-order valence-corrected chi connectivity index (χ0v) is 23.2. The molecule has 4 aromatic rings. The van der Waals surface area contributed by atoms with Crippen LogP contribution in [-0.4, -0.2) is 53.1 Å². The largest absolute Gasteiger partial charge is 0.493 e. The zero-order chi connectivity index (χ0) is 27.6. The van der Waals surface area contributed by atoms with E-state index in [1.54, 1.807) is 14.2 Å². The molecule has 204 valence electrons. The highest BCUT2D eigenvalue weighted by Crippen LogP contribution is 2.53. The third kappa shape index (κ3) is 4.37. The fraction of sp³-hybridized carbons (Fsp3) is 0.387. The van der Waals surface area contributed by atoms with E-state index in [1.165, 1.54) is 5.56 Å². The fourth-order valence-corrected chi connectivity index (χ4v) is 6.28. The molecule has 8 heteroatoms. The van der Waals surface area contributed by atoms with Crippen LogP contribution in [0.2, 0.25) is 0 Å². The van der Waals surface area contributed by atoms with E-state index in [2.05, 4.69) is 42.2 Å². The lowest BCUT2D eigenvalue weighted by molar-refractivity contribution is -0.133. The van der Waals surface area contributed by atoms with Crippen LogP contribution in [0.3, 0.4) is 0 Å². The predicted octanol–water partition coefficient (Wildman–Crippen LogP) is 5.22. The van der Waals surface area contributed by atoms with E-state index < -0.39 is 10.8 Å². The molecular weight excluding hydrogens is 490 g/mol. The van der Waals surface area contributed by atoms with Crippen molar-refractivity contribution in [3.63, 3.8) is 0 Å². The van der Waals surface area contributed by atoms with Crippen molar-refractivity contribution in [3.05, 3.63) is 77.9 Å². The lowest BCUT2D eigenvalue weighted by atomic mass is 9.54. The Morgan fingerprint density at radius 2 is 1.74 bits per heavy atom. The van der Waals surface area contributed by atoms with Gasteiger partial charge in [-0.05, 0) is 49.9 Å². The summed E-state index contributed by atoms with van der Waals surface area (Å²) >= 11 is 0. The molecule has 39 heavy (non-hydrogen) atoms. The predicted molar refractivity (Wildman–Crippen MR) is 153 cm³/mol. The molecule has 0 aliphatic carbocycles. The maximum absolute atomic E-state index is 12.9. The summed E-state index contributed by atoms with van der Waals surface area (Å²) in [6.45, 7) is 5.58. The maximum atomic E-state index is 12.9. The lowest BCUT2D eigenvalue weighted by Gasteiger charge is -2.52. The second-order valence-corrected chi connectivity index (χ2v) is 10.4. The number of nitrogens with two attached hydrogens (primary N) is 1. The van der Waals surface area contributed by atoms with Crippen molar-refractivity contribution in [1.82, 2.24) is 19.9 Å². The number of ether oxygens (including phenoxy) is 2. The number of aromatic nitrogens is 3. The van der Waals surface area contributed by atoms with Gasteiger partial charge in [0.2, 0.25) is 5.91 Å². The summed E-state index contributed by atoms with van der Waals surface area (Å²) in [6, 6.07) is 18.3. The number of hydrogen-bond donors (Lipinski definition) is 2. The van der Waals surface area contributed by atoms with Crippen LogP contribution in [0.1, 0.15) is 56.6 Å². The first-order valence-corrected chi connectivity index (χ1v) is 13.5. The number of anilines is 1. The molecule has 2 aromatic heterocycles. The third-order valence-corrected chi connectivity index (χ3v) is 8.53. The molecule has 1 amide bonds. The minimum atomic E-state index is -0.687. The van der Waals surface area contributed by atoms with Gasteiger partial charge in [-0.25, -0.2) is 9.97 Å². The minimum absolute atomic E-state index is 0.216. The minimum Gasteiger partial charge on any atom is -0.493 e. The third-order valence-electron chi connectivity index (χ3n) is 8.53. The Hall–Kier alpha value is -4.07. The monoisotopic (exact) mass is 527 g/mol. The quantitative estimate of drug-likeness (QED) is 0.325. The van der Waals surface area contributed by atoms with Crippen LogP contribution in [0, 0.1) is 0 Å². The number of piperidine rings is 1. The van der Waals surface area contributed by atoms with Crippen molar-refractivity contribution in [2.75, 3.05) is 33.0 Å². The molecule has 3 heterocycles. The molecule has 1 unspecified atom stereocenters. The summed E-state index contributed by atoms with van der Waals surface area (Å²) in [5.74, 6) is 2.38. The molecule has 0 bridgehead atoms. The van der Waals surface area contributed by atoms with Crippen molar-refractivity contribution in [2.45, 2.75) is 50.4 Å². The van der Waals surface area contributed by atoms with Crippen molar-refractivity contribution in [1.29, 1.82) is 0 Å². The Balaban J connectivity index is 1.73. The van der Waals surface area contributed by atoms with Crippen molar-refractivity contribution in [3.8, 4) is 11.5 Å². The van der Waals surface area contributed by atoms with E-state index in [0.717, 1.165) is 25.0 Å². The van der Waals surface area contributed by atoms with Gasteiger partial charge in [-0.15, -0.1) is 0 Å². The molecule has 3 N–H and O–H groups in total. The molecular formula is C31H37N5O3. The van der Waals surface area contributed by atoms with Gasteiger partial charge in [0.25, 0.3) is 0 Å². The van der Waals surface area contributed by atoms with Gasteiger partial charge in [-0.2, -0.15) is 0 Å². The van der Waals surface area contributed by atoms with Gasteiger partial charge < -0.3 is 25.1 Å². The normalized spacial score (nSPS) is 16.6. The second kappa shape index (κ2) is 10.6. The number of carbonyl (C=O) groups is 1. The van der Waals surface area contributed by atoms with E-state index in [1.807, 2.05) is 42.3 Å². The van der Waals surface area contributed by atoms with E-state index in [4.69, 9.17) is 25.2 Å². The van der Waals surface area contributed by atoms with E-state index in [9.17, 15) is 4.79 Å². The van der Waals surface area contributed by atoms with Crippen molar-refractivity contribution < 1.29 is 14.3 Å². The number of nitrogens with one attached hydrogen (secondary N) is 1. The van der Waals surface area contributed by atoms with Gasteiger partial charge in [-0.3, -0.25) is 4.79 Å². The standard InChI is InChI=1S/C31H37N5O3/c1-5-10-27(37)36-17-14-31(15-18-36,21-11-7-6-8-12-21)30(2,26-13-9-16-33-26)29-34-23-20-25(39-4)24(38-3)19-22(23)28(32)35-29/h6-9,11-13,16,19-20,33H,5,10,14-15,17-18H2,1-4H3,(H2,32,34,35). The summed E-state index contributed by atoms with van der Waals surface area (Å²) in [5, 5.41) is 0.707. The smallest absolute Gasteiger partial charge is 0.222 e. The number of nitrogens with zero attached hydrogens (tertiary/aromatic N) is 3. The Bertz CT molecular complexity index is 1450. The maximum Gasteiger partial charge on any atom is 0.222 e. The van der Waals surface area contributed by atoms with Gasteiger partial charge >= 0.3 is 0 Å². The summed E-state index contributed by atoms with van der Waals surface area (Å²) in [4.78, 5) is 28.5. The van der Waals surface area contributed by atoms with Gasteiger partial charge in [0.15, 0.2) is 11.5 Å². The van der Waals surface area contributed by atoms with Crippen LogP contribution in [0.15, 0.2) is 60.8 Å². The average Bonchev–Trinajstić information content (AvgIpc) is 3.52. The van der Waals surface area contributed by atoms with Gasteiger partial charge in [0, 0.05) is 48.3 Å². The molecule has 1 saturated heterocycles. The van der Waals surface area contributed by atoms with Crippen molar-refractivity contribution in [2.24, 2.45) is 0 Å². The highest BCUT2D eigenvalue weighted by atomic mass is 16.5. The number of carbonyl (C=O) groups excluding carboxylic acids is 1. The number of hydrogen-bond acceptors (Lipinski definition) is 6. The molecule has 1 aliphatic heterocycles. The number of rotatable bonds is 8. The van der Waals surface area contributed by atoms with Gasteiger partial charge in [0.05, 0.1) is 25.2 Å². The lowest BCUT2D eigenvalue weighted by Crippen LogP contribution is -2.56. The van der Waals surface area contributed by atoms with Gasteiger partial charge in [0.1, 0.15) is 11.6 Å². The first-order chi connectivity index (χ1) is 18.9. The Kier molecular flexibility index (Phi) is 7.21. The molecule has 5 rings (SSSR count). The zero-order valence-electron chi connectivity index (χ0n) is 23.2. The highest BCUT2D eigenvalue weighted by Gasteiger charge is 2.55. The van der Waals surface area contributed by atoms with Crippen LogP contribution in [0.4, 0.5) is 5.82 Å².